The topological polar surface area (TPSA) is 20.3 Å². The first-order valence-electron chi connectivity index (χ1n) is 4.44. The Kier molecular flexibility index (Phi) is 3.36. The van der Waals surface area contributed by atoms with Gasteiger partial charge in [0, 0.05) is 0 Å². The molecule has 1 aromatic rings. The van der Waals surface area contributed by atoms with Gasteiger partial charge in [-0.05, 0) is 38.7 Å². The van der Waals surface area contributed by atoms with Crippen LogP contribution in [0.25, 0.3) is 0 Å². The first kappa shape index (κ1) is 10.9. The summed E-state index contributed by atoms with van der Waals surface area (Å²) in [7, 11) is 3.61. The second-order valence-corrected chi connectivity index (χ2v) is 3.53. The van der Waals surface area contributed by atoms with Crippen molar-refractivity contribution >= 4 is 5.78 Å². The van der Waals surface area contributed by atoms with Crippen molar-refractivity contribution in [3.63, 3.8) is 0 Å². The third kappa shape index (κ3) is 2.39. The lowest BCUT2D eigenvalue weighted by molar-refractivity contribution is -0.121. The second-order valence-electron chi connectivity index (χ2n) is 3.53. The number of hydrogen-bond donors (Lipinski definition) is 0. The molecule has 1 rings (SSSR count). The minimum absolute atomic E-state index is 0.0144. The van der Waals surface area contributed by atoms with Crippen molar-refractivity contribution in [2.45, 2.75) is 13.0 Å². The molecule has 0 aliphatic heterocycles. The summed E-state index contributed by atoms with van der Waals surface area (Å²) in [5, 5.41) is 0. The Morgan fingerprint density at radius 3 is 2.50 bits per heavy atom. The number of carbonyl (C=O) groups is 1. The van der Waals surface area contributed by atoms with Crippen LogP contribution in [0.4, 0.5) is 4.39 Å². The molecule has 0 fully saturated rings. The molecule has 0 bridgehead atoms. The van der Waals surface area contributed by atoms with Crippen LogP contribution in [0.1, 0.15) is 18.5 Å². The molecule has 0 radical (unpaired) electrons. The van der Waals surface area contributed by atoms with Gasteiger partial charge in [-0.25, -0.2) is 4.39 Å². The Morgan fingerprint density at radius 1 is 1.43 bits per heavy atom. The fourth-order valence-corrected chi connectivity index (χ4v) is 1.57. The summed E-state index contributed by atoms with van der Waals surface area (Å²) >= 11 is 0. The molecular weight excluding hydrogens is 181 g/mol. The van der Waals surface area contributed by atoms with E-state index in [-0.39, 0.29) is 17.6 Å². The number of hydrogen-bond acceptors (Lipinski definition) is 2. The van der Waals surface area contributed by atoms with E-state index in [4.69, 9.17) is 0 Å². The number of halogens is 1. The van der Waals surface area contributed by atoms with Crippen molar-refractivity contribution in [1.29, 1.82) is 0 Å². The molecule has 0 N–H and O–H groups in total. The average molecular weight is 195 g/mol. The molecule has 76 valence electrons. The molecule has 0 spiro atoms. The van der Waals surface area contributed by atoms with E-state index in [1.165, 1.54) is 19.1 Å². The quantitative estimate of drug-likeness (QED) is 0.735. The van der Waals surface area contributed by atoms with Crippen molar-refractivity contribution in [3.05, 3.63) is 35.6 Å². The van der Waals surface area contributed by atoms with Gasteiger partial charge in [-0.15, -0.1) is 0 Å². The maximum Gasteiger partial charge on any atom is 0.151 e. The maximum absolute atomic E-state index is 12.9. The van der Waals surface area contributed by atoms with Crippen LogP contribution >= 0.6 is 0 Å². The molecule has 0 heterocycles. The highest BCUT2D eigenvalue weighted by atomic mass is 19.1. The molecule has 0 saturated heterocycles. The summed E-state index contributed by atoms with van der Waals surface area (Å²) < 4.78 is 12.9. The molecule has 1 atom stereocenters. The largest absolute Gasteiger partial charge is 0.298 e. The number of nitrogens with zero attached hydrogens (tertiary/aromatic N) is 1. The third-order valence-electron chi connectivity index (χ3n) is 2.07. The molecule has 0 saturated carbocycles. The summed E-state index contributed by atoms with van der Waals surface area (Å²) in [6, 6.07) is 5.78. The van der Waals surface area contributed by atoms with Crippen molar-refractivity contribution < 1.29 is 9.18 Å². The Labute approximate surface area is 83.3 Å². The van der Waals surface area contributed by atoms with Crippen LogP contribution in [0.2, 0.25) is 0 Å². The van der Waals surface area contributed by atoms with Gasteiger partial charge < -0.3 is 0 Å². The minimum atomic E-state index is -0.356. The molecule has 0 aliphatic carbocycles. The van der Waals surface area contributed by atoms with E-state index in [0.717, 1.165) is 0 Å². The van der Waals surface area contributed by atoms with E-state index >= 15 is 0 Å². The van der Waals surface area contributed by atoms with E-state index in [0.29, 0.717) is 5.56 Å². The van der Waals surface area contributed by atoms with Gasteiger partial charge in [0.1, 0.15) is 5.82 Å². The fourth-order valence-electron chi connectivity index (χ4n) is 1.57. The predicted molar refractivity (Wildman–Crippen MR) is 53.5 cm³/mol. The lowest BCUT2D eigenvalue weighted by Gasteiger charge is -2.21. The number of carbonyl (C=O) groups excluding carboxylic acids is 1. The monoisotopic (exact) mass is 195 g/mol. The minimum Gasteiger partial charge on any atom is -0.298 e. The van der Waals surface area contributed by atoms with E-state index in [1.807, 2.05) is 0 Å². The number of rotatable bonds is 3. The summed E-state index contributed by atoms with van der Waals surface area (Å²) in [5.41, 5.74) is 0.697. The van der Waals surface area contributed by atoms with Crippen LogP contribution in [0.15, 0.2) is 24.3 Å². The van der Waals surface area contributed by atoms with Crippen LogP contribution in [0.5, 0.6) is 0 Å². The maximum atomic E-state index is 12.9. The zero-order valence-corrected chi connectivity index (χ0v) is 8.62. The van der Waals surface area contributed by atoms with Gasteiger partial charge in [0.05, 0.1) is 6.04 Å². The second kappa shape index (κ2) is 4.33. The lowest BCUT2D eigenvalue weighted by Crippen LogP contribution is -2.25. The Bertz CT molecular complexity index is 336. The Morgan fingerprint density at radius 2 is 2.07 bits per heavy atom. The molecule has 2 nitrogen and oxygen atoms in total. The number of benzene rings is 1. The van der Waals surface area contributed by atoms with Crippen LogP contribution in [0, 0.1) is 5.82 Å². The van der Waals surface area contributed by atoms with Gasteiger partial charge in [-0.3, -0.25) is 9.69 Å². The highest BCUT2D eigenvalue weighted by Crippen LogP contribution is 2.19. The van der Waals surface area contributed by atoms with Crippen molar-refractivity contribution in [2.24, 2.45) is 0 Å². The number of likely N-dealkylation sites (N-methyl/N-ethyl adjacent to an activating group) is 1. The van der Waals surface area contributed by atoms with Crippen LogP contribution in [-0.2, 0) is 4.79 Å². The standard InChI is InChI=1S/C11H14FNO/c1-8(14)11(13(2)3)9-5-4-6-10(12)7-9/h4-7,11H,1-3H3. The van der Waals surface area contributed by atoms with E-state index in [2.05, 4.69) is 0 Å². The smallest absolute Gasteiger partial charge is 0.151 e. The first-order valence-corrected chi connectivity index (χ1v) is 4.44. The summed E-state index contributed by atoms with van der Waals surface area (Å²) in [5.74, 6) is -0.295. The third-order valence-corrected chi connectivity index (χ3v) is 2.07. The Balaban J connectivity index is 3.05. The molecule has 0 aliphatic rings. The van der Waals surface area contributed by atoms with Gasteiger partial charge in [0.2, 0.25) is 0 Å². The first-order chi connectivity index (χ1) is 6.52. The summed E-state index contributed by atoms with van der Waals surface area (Å²) in [4.78, 5) is 13.1. The summed E-state index contributed by atoms with van der Waals surface area (Å²) in [6.45, 7) is 1.51. The van der Waals surface area contributed by atoms with Crippen molar-refractivity contribution in [2.75, 3.05) is 14.1 Å². The molecule has 14 heavy (non-hydrogen) atoms. The highest BCUT2D eigenvalue weighted by molar-refractivity contribution is 5.82. The highest BCUT2D eigenvalue weighted by Gasteiger charge is 2.18. The predicted octanol–water partition coefficient (Wildman–Crippen LogP) is 2.02. The van der Waals surface area contributed by atoms with Gasteiger partial charge in [-0.1, -0.05) is 12.1 Å². The molecule has 1 unspecified atom stereocenters. The number of ketones is 1. The molecule has 1 aromatic carbocycles. The van der Waals surface area contributed by atoms with Crippen molar-refractivity contribution in [3.8, 4) is 0 Å². The molecule has 0 aromatic heterocycles. The zero-order valence-electron chi connectivity index (χ0n) is 8.62. The van der Waals surface area contributed by atoms with Gasteiger partial charge in [0.15, 0.2) is 5.78 Å². The lowest BCUT2D eigenvalue weighted by atomic mass is 10.0. The van der Waals surface area contributed by atoms with E-state index in [1.54, 1.807) is 31.1 Å². The Hall–Kier alpha value is -1.22. The van der Waals surface area contributed by atoms with E-state index in [9.17, 15) is 9.18 Å². The van der Waals surface area contributed by atoms with Gasteiger partial charge >= 0.3 is 0 Å². The van der Waals surface area contributed by atoms with Gasteiger partial charge in [0.25, 0.3) is 0 Å². The molecule has 0 amide bonds. The van der Waals surface area contributed by atoms with Crippen molar-refractivity contribution in [1.82, 2.24) is 4.90 Å². The SMILES string of the molecule is CC(=O)C(c1cccc(F)c1)N(C)C. The number of Topliss-reactive ketones (excluding diaryl/α,β-unsaturated/α-hetero) is 1. The normalized spacial score (nSPS) is 12.9. The molecular formula is C11H14FNO. The van der Waals surface area contributed by atoms with Gasteiger partial charge in [-0.2, -0.15) is 0 Å². The molecule has 3 heteroatoms. The van der Waals surface area contributed by atoms with Crippen LogP contribution < -0.4 is 0 Å². The van der Waals surface area contributed by atoms with Crippen LogP contribution in [0.3, 0.4) is 0 Å². The van der Waals surface area contributed by atoms with Crippen LogP contribution in [-0.4, -0.2) is 24.8 Å². The zero-order chi connectivity index (χ0) is 10.7. The van der Waals surface area contributed by atoms with E-state index < -0.39 is 0 Å². The average Bonchev–Trinajstić information content (AvgIpc) is 2.02. The fraction of sp³-hybridized carbons (Fsp3) is 0.364. The summed E-state index contributed by atoms with van der Waals surface area (Å²) in [6.07, 6.45) is 0.